The fraction of sp³-hybridized carbons (Fsp3) is 0.143. The molecule has 0 bridgehead atoms. The Bertz CT molecular complexity index is 1410. The summed E-state index contributed by atoms with van der Waals surface area (Å²) in [5, 5.41) is 19.1. The normalized spacial score (nSPS) is 16.6. The lowest BCUT2D eigenvalue weighted by atomic mass is 9.84. The molecule has 3 aromatic carbocycles. The first-order valence-electron chi connectivity index (χ1n) is 11.2. The minimum Gasteiger partial charge on any atom is -0.477 e. The topological polar surface area (TPSA) is 87.1 Å². The van der Waals surface area contributed by atoms with E-state index < -0.39 is 23.8 Å². The van der Waals surface area contributed by atoms with Crippen molar-refractivity contribution in [2.75, 3.05) is 11.9 Å². The van der Waals surface area contributed by atoms with Crippen molar-refractivity contribution in [3.8, 4) is 5.75 Å². The summed E-state index contributed by atoms with van der Waals surface area (Å²) < 4.78 is 6.51. The number of nitrogens with zero attached hydrogens (tertiary/aromatic N) is 1. The Kier molecular flexibility index (Phi) is 6.90. The molecule has 1 aliphatic rings. The molecule has 1 aliphatic heterocycles. The van der Waals surface area contributed by atoms with Crippen molar-refractivity contribution >= 4 is 47.1 Å². The summed E-state index contributed by atoms with van der Waals surface area (Å²) in [6.07, 6.45) is -1.63. The number of likely N-dealkylation sites (N-methyl/N-ethyl adjacent to an activating group) is 1. The van der Waals surface area contributed by atoms with E-state index in [9.17, 15) is 9.59 Å². The minimum absolute atomic E-state index is 0.272. The van der Waals surface area contributed by atoms with E-state index in [-0.39, 0.29) is 5.41 Å². The maximum Gasteiger partial charge on any atom is 0.343 e. The summed E-state index contributed by atoms with van der Waals surface area (Å²) in [5.74, 6) is -0.408. The Morgan fingerprint density at radius 3 is 2.08 bits per heavy atom. The van der Waals surface area contributed by atoms with Crippen LogP contribution >= 0.6 is 6.26 Å². The number of carbonyl (C=O) groups is 2. The van der Waals surface area contributed by atoms with Crippen molar-refractivity contribution in [3.05, 3.63) is 107 Å². The molecule has 36 heavy (non-hydrogen) atoms. The van der Waals surface area contributed by atoms with Crippen LogP contribution < -0.4 is 14.7 Å². The van der Waals surface area contributed by atoms with E-state index in [0.717, 1.165) is 22.8 Å². The number of hydrogen-bond donors (Lipinski definition) is 2. The summed E-state index contributed by atoms with van der Waals surface area (Å²) in [5.41, 5.74) is 2.86. The van der Waals surface area contributed by atoms with Crippen LogP contribution in [-0.2, 0) is 26.8 Å². The average Bonchev–Trinajstić information content (AvgIpc) is 3.04. The Balaban J connectivity index is 1.75. The minimum atomic E-state index is -2.74. The van der Waals surface area contributed by atoms with Gasteiger partial charge in [0.05, 0.1) is 0 Å². The van der Waals surface area contributed by atoms with Gasteiger partial charge in [-0.15, -0.1) is 0 Å². The molecular weight excluding hydrogens is 493 g/mol. The van der Waals surface area contributed by atoms with E-state index in [1.807, 2.05) is 49.5 Å². The average molecular weight is 520 g/mol. The maximum atomic E-state index is 11.2. The second-order valence-electron chi connectivity index (χ2n) is 8.98. The second-order valence-corrected chi connectivity index (χ2v) is 12.8. The maximum absolute atomic E-state index is 11.2. The fourth-order valence-corrected chi connectivity index (χ4v) is 7.41. The van der Waals surface area contributed by atoms with Crippen molar-refractivity contribution in [3.63, 3.8) is 0 Å². The molecule has 184 valence electrons. The largest absolute Gasteiger partial charge is 0.477 e. The fourth-order valence-electron chi connectivity index (χ4n) is 4.34. The third-order valence-electron chi connectivity index (χ3n) is 6.24. The van der Waals surface area contributed by atoms with Gasteiger partial charge < -0.3 is 19.6 Å². The molecule has 0 radical (unpaired) electrons. The number of carboxylic acids is 2. The van der Waals surface area contributed by atoms with Gasteiger partial charge in [-0.2, -0.15) is 0 Å². The van der Waals surface area contributed by atoms with Crippen molar-refractivity contribution in [1.29, 1.82) is 0 Å². The van der Waals surface area contributed by atoms with Crippen molar-refractivity contribution in [2.45, 2.75) is 19.3 Å². The van der Waals surface area contributed by atoms with E-state index in [0.29, 0.717) is 11.3 Å². The zero-order valence-corrected chi connectivity index (χ0v) is 21.8. The van der Waals surface area contributed by atoms with Gasteiger partial charge in [-0.3, -0.25) is 0 Å². The summed E-state index contributed by atoms with van der Waals surface area (Å²) in [7, 11) is 2.04. The Hall–Kier alpha value is -3.67. The zero-order valence-electron chi connectivity index (χ0n) is 20.1. The molecule has 0 spiro atoms. The number of hydrogen-bond acceptors (Lipinski definition) is 5. The van der Waals surface area contributed by atoms with Crippen LogP contribution in [0.2, 0.25) is 0 Å². The molecule has 0 saturated carbocycles. The standard InChI is InChI=1S/C28H26NO5PS/c1-28(2)23-11-7-8-12-24(23)29(3)25(28)18-35(36,21-9-5-4-6-10-21)34-20-15-13-19(14-16-20)17-22(26(30)31)27(32)33/h4-18H,1-3H3,(H,30,31)(H,32,33). The highest BCUT2D eigenvalue weighted by Crippen LogP contribution is 2.55. The molecule has 0 fully saturated rings. The van der Waals surface area contributed by atoms with Crippen LogP contribution in [0.3, 0.4) is 0 Å². The summed E-state index contributed by atoms with van der Waals surface area (Å²) in [6, 6.07) is 24.6. The lowest BCUT2D eigenvalue weighted by Crippen LogP contribution is -2.24. The molecule has 6 nitrogen and oxygen atoms in total. The van der Waals surface area contributed by atoms with Crippen molar-refractivity contribution in [2.24, 2.45) is 0 Å². The van der Waals surface area contributed by atoms with Gasteiger partial charge in [-0.1, -0.05) is 74.5 Å². The highest BCUT2D eigenvalue weighted by molar-refractivity contribution is 8.17. The summed E-state index contributed by atoms with van der Waals surface area (Å²) >= 11 is 6.24. The molecule has 0 saturated heterocycles. The lowest BCUT2D eigenvalue weighted by molar-refractivity contribution is -0.140. The molecular formula is C28H26NO5PS. The van der Waals surface area contributed by atoms with Crippen molar-refractivity contribution in [1.82, 2.24) is 0 Å². The number of benzene rings is 3. The molecule has 0 aromatic heterocycles. The summed E-state index contributed by atoms with van der Waals surface area (Å²) in [4.78, 5) is 24.5. The summed E-state index contributed by atoms with van der Waals surface area (Å²) in [6.45, 7) is 4.35. The number of rotatable bonds is 7. The van der Waals surface area contributed by atoms with Gasteiger partial charge >= 0.3 is 11.9 Å². The Morgan fingerprint density at radius 1 is 0.917 bits per heavy atom. The van der Waals surface area contributed by atoms with Crippen LogP contribution in [0.4, 0.5) is 5.69 Å². The van der Waals surface area contributed by atoms with Gasteiger partial charge in [0.1, 0.15) is 11.3 Å². The van der Waals surface area contributed by atoms with Crippen LogP contribution in [0.15, 0.2) is 96.0 Å². The van der Waals surface area contributed by atoms with Crippen LogP contribution in [-0.4, -0.2) is 29.2 Å². The number of anilines is 1. The van der Waals surface area contributed by atoms with Gasteiger partial charge in [0, 0.05) is 35.0 Å². The third kappa shape index (κ3) is 4.85. The van der Waals surface area contributed by atoms with Crippen molar-refractivity contribution < 1.29 is 24.3 Å². The second kappa shape index (κ2) is 9.76. The van der Waals surface area contributed by atoms with Crippen LogP contribution in [0.25, 0.3) is 6.08 Å². The number of fused-ring (bicyclic) bond motifs is 1. The molecule has 0 aliphatic carbocycles. The Morgan fingerprint density at radius 2 is 1.50 bits per heavy atom. The van der Waals surface area contributed by atoms with E-state index in [1.165, 1.54) is 5.56 Å². The highest BCUT2D eigenvalue weighted by Gasteiger charge is 2.40. The van der Waals surface area contributed by atoms with E-state index in [1.54, 1.807) is 24.3 Å². The first-order chi connectivity index (χ1) is 17.0. The first kappa shape index (κ1) is 25.4. The number of carboxylic acid groups (broad SMARTS) is 2. The van der Waals surface area contributed by atoms with Gasteiger partial charge in [0.2, 0.25) is 0 Å². The Labute approximate surface area is 215 Å². The molecule has 8 heteroatoms. The SMILES string of the molecule is CN1C(=CP(=S)(Oc2ccc(C=C(C(=O)O)C(=O)O)cc2)c2ccccc2)C(C)(C)c2ccccc21. The lowest BCUT2D eigenvalue weighted by Gasteiger charge is -2.28. The molecule has 1 atom stereocenters. The molecule has 3 aromatic rings. The number of para-hydroxylation sites is 1. The molecule has 2 N–H and O–H groups in total. The third-order valence-corrected chi connectivity index (χ3v) is 9.50. The van der Waals surface area contributed by atoms with Gasteiger partial charge in [-0.05, 0) is 47.2 Å². The van der Waals surface area contributed by atoms with Gasteiger partial charge in [0.25, 0.3) is 0 Å². The smallest absolute Gasteiger partial charge is 0.343 e. The van der Waals surface area contributed by atoms with Gasteiger partial charge in [0.15, 0.2) is 6.26 Å². The number of aliphatic carboxylic acids is 2. The van der Waals surface area contributed by atoms with Crippen LogP contribution in [0.1, 0.15) is 25.0 Å². The highest BCUT2D eigenvalue weighted by atomic mass is 32.4. The predicted molar refractivity (Wildman–Crippen MR) is 147 cm³/mol. The van der Waals surface area contributed by atoms with Crippen LogP contribution in [0.5, 0.6) is 5.75 Å². The first-order valence-corrected chi connectivity index (χ1v) is 14.0. The molecule has 4 rings (SSSR count). The van der Waals surface area contributed by atoms with Gasteiger partial charge in [-0.25, -0.2) is 9.59 Å². The monoisotopic (exact) mass is 519 g/mol. The van der Waals surface area contributed by atoms with E-state index in [2.05, 4.69) is 36.7 Å². The molecule has 1 unspecified atom stereocenters. The van der Waals surface area contributed by atoms with E-state index in [4.69, 9.17) is 26.5 Å². The zero-order chi connectivity index (χ0) is 26.1. The quantitative estimate of drug-likeness (QED) is 0.182. The number of allylic oxidation sites excluding steroid dienone is 1. The molecule has 1 heterocycles. The van der Waals surface area contributed by atoms with Crippen LogP contribution in [0, 0.1) is 0 Å². The molecule has 0 amide bonds. The van der Waals surface area contributed by atoms with E-state index >= 15 is 0 Å². The predicted octanol–water partition coefficient (Wildman–Crippen LogP) is 5.61.